The van der Waals surface area contributed by atoms with Gasteiger partial charge in [0.2, 0.25) is 5.91 Å². The van der Waals surface area contributed by atoms with Gasteiger partial charge < -0.3 is 10.6 Å². The van der Waals surface area contributed by atoms with Crippen LogP contribution < -0.4 is 5.73 Å². The van der Waals surface area contributed by atoms with Crippen LogP contribution in [0.2, 0.25) is 0 Å². The van der Waals surface area contributed by atoms with Crippen molar-refractivity contribution in [3.05, 3.63) is 77.4 Å². The lowest BCUT2D eigenvalue weighted by molar-refractivity contribution is -0.130. The number of halogens is 1. The van der Waals surface area contributed by atoms with Crippen LogP contribution in [0.1, 0.15) is 54.4 Å². The monoisotopic (exact) mass is 448 g/mol. The van der Waals surface area contributed by atoms with Crippen LogP contribution in [0.3, 0.4) is 0 Å². The fraction of sp³-hybridized carbons (Fsp3) is 0.346. The van der Waals surface area contributed by atoms with Crippen LogP contribution in [-0.4, -0.2) is 40.0 Å². The van der Waals surface area contributed by atoms with E-state index >= 15 is 0 Å². The quantitative estimate of drug-likeness (QED) is 0.589. The minimum absolute atomic E-state index is 0.197. The lowest BCUT2D eigenvalue weighted by atomic mass is 9.74. The average molecular weight is 449 g/mol. The summed E-state index contributed by atoms with van der Waals surface area (Å²) in [4.78, 5) is 27.5. The molecule has 0 aliphatic carbocycles. The van der Waals surface area contributed by atoms with E-state index in [0.717, 1.165) is 22.4 Å². The predicted molar refractivity (Wildman–Crippen MR) is 125 cm³/mol. The molecule has 1 saturated heterocycles. The SMILES string of the molecule is CC(C)c1cc(C(=O)N2CCCC(Cc3cccc(-c4cccc(F)c4)c3)(C(N)=O)C2)n[nH]1. The fourth-order valence-corrected chi connectivity index (χ4v) is 4.56. The topological polar surface area (TPSA) is 92.1 Å². The molecule has 3 aromatic rings. The van der Waals surface area contributed by atoms with Crippen LogP contribution in [-0.2, 0) is 11.2 Å². The highest BCUT2D eigenvalue weighted by molar-refractivity contribution is 5.93. The van der Waals surface area contributed by atoms with Gasteiger partial charge in [-0.2, -0.15) is 5.10 Å². The first kappa shape index (κ1) is 22.7. The van der Waals surface area contributed by atoms with Gasteiger partial charge in [0.15, 0.2) is 0 Å². The van der Waals surface area contributed by atoms with Gasteiger partial charge in [0.1, 0.15) is 11.5 Å². The zero-order valence-corrected chi connectivity index (χ0v) is 19.0. The van der Waals surface area contributed by atoms with E-state index in [4.69, 9.17) is 5.73 Å². The number of primary amides is 1. The molecule has 1 fully saturated rings. The Morgan fingerprint density at radius 3 is 2.55 bits per heavy atom. The highest BCUT2D eigenvalue weighted by atomic mass is 19.1. The third-order valence-corrected chi connectivity index (χ3v) is 6.45. The van der Waals surface area contributed by atoms with Crippen molar-refractivity contribution in [2.75, 3.05) is 13.1 Å². The number of amides is 2. The summed E-state index contributed by atoms with van der Waals surface area (Å²) in [6, 6.07) is 15.9. The molecule has 0 bridgehead atoms. The molecule has 1 aliphatic heterocycles. The van der Waals surface area contributed by atoms with Gasteiger partial charge in [-0.1, -0.05) is 50.2 Å². The summed E-state index contributed by atoms with van der Waals surface area (Å²) in [7, 11) is 0. The van der Waals surface area contributed by atoms with Crippen molar-refractivity contribution in [1.29, 1.82) is 0 Å². The van der Waals surface area contributed by atoms with Crippen molar-refractivity contribution in [2.45, 2.75) is 39.0 Å². The molecule has 2 heterocycles. The van der Waals surface area contributed by atoms with Gasteiger partial charge >= 0.3 is 0 Å². The Morgan fingerprint density at radius 2 is 1.88 bits per heavy atom. The number of nitrogens with two attached hydrogens (primary N) is 1. The fourth-order valence-electron chi connectivity index (χ4n) is 4.56. The Hall–Kier alpha value is -3.48. The van der Waals surface area contributed by atoms with Gasteiger partial charge in [-0.3, -0.25) is 14.7 Å². The number of nitrogens with one attached hydrogen (secondary N) is 1. The molecule has 7 heteroatoms. The molecule has 2 aromatic carbocycles. The lowest BCUT2D eigenvalue weighted by Gasteiger charge is -2.40. The molecule has 1 unspecified atom stereocenters. The molecule has 172 valence electrons. The Bertz CT molecular complexity index is 1170. The van der Waals surface area contributed by atoms with Crippen LogP contribution in [0.25, 0.3) is 11.1 Å². The second kappa shape index (κ2) is 9.17. The maximum Gasteiger partial charge on any atom is 0.274 e. The van der Waals surface area contributed by atoms with Crippen molar-refractivity contribution in [2.24, 2.45) is 11.1 Å². The molecular formula is C26H29FN4O2. The molecule has 1 atom stereocenters. The summed E-state index contributed by atoms with van der Waals surface area (Å²) in [6.07, 6.45) is 1.70. The molecule has 3 N–H and O–H groups in total. The third-order valence-electron chi connectivity index (χ3n) is 6.45. The number of aromatic nitrogens is 2. The van der Waals surface area contributed by atoms with E-state index in [0.29, 0.717) is 31.5 Å². The van der Waals surface area contributed by atoms with E-state index in [-0.39, 0.29) is 24.2 Å². The molecule has 33 heavy (non-hydrogen) atoms. The molecule has 0 saturated carbocycles. The molecule has 1 aromatic heterocycles. The number of H-pyrrole nitrogens is 1. The zero-order valence-electron chi connectivity index (χ0n) is 19.0. The number of likely N-dealkylation sites (tertiary alicyclic amines) is 1. The maximum absolute atomic E-state index is 13.7. The molecule has 0 radical (unpaired) electrons. The van der Waals surface area contributed by atoms with Gasteiger partial charge in [0.25, 0.3) is 5.91 Å². The Kier molecular flexibility index (Phi) is 6.31. The number of nitrogens with zero attached hydrogens (tertiary/aromatic N) is 2. The van der Waals surface area contributed by atoms with E-state index in [1.165, 1.54) is 12.1 Å². The number of hydrogen-bond donors (Lipinski definition) is 2. The first-order valence-corrected chi connectivity index (χ1v) is 11.3. The van der Waals surface area contributed by atoms with Crippen LogP contribution in [0, 0.1) is 11.2 Å². The van der Waals surface area contributed by atoms with E-state index < -0.39 is 11.3 Å². The van der Waals surface area contributed by atoms with Crippen LogP contribution >= 0.6 is 0 Å². The number of hydrogen-bond acceptors (Lipinski definition) is 3. The Morgan fingerprint density at radius 1 is 1.15 bits per heavy atom. The predicted octanol–water partition coefficient (Wildman–Crippen LogP) is 4.29. The van der Waals surface area contributed by atoms with Crippen LogP contribution in [0.5, 0.6) is 0 Å². The normalized spacial score (nSPS) is 18.5. The minimum Gasteiger partial charge on any atom is -0.369 e. The number of rotatable bonds is 6. The summed E-state index contributed by atoms with van der Waals surface area (Å²) in [5, 5.41) is 7.10. The average Bonchev–Trinajstić information content (AvgIpc) is 3.29. The molecule has 6 nitrogen and oxygen atoms in total. The number of carbonyl (C=O) groups excluding carboxylic acids is 2. The van der Waals surface area contributed by atoms with Gasteiger partial charge in [0.05, 0.1) is 5.41 Å². The zero-order chi connectivity index (χ0) is 23.6. The Balaban J connectivity index is 1.57. The lowest BCUT2D eigenvalue weighted by Crippen LogP contribution is -2.53. The first-order chi connectivity index (χ1) is 15.8. The number of carbonyl (C=O) groups is 2. The van der Waals surface area contributed by atoms with Crippen molar-refractivity contribution in [1.82, 2.24) is 15.1 Å². The number of benzene rings is 2. The summed E-state index contributed by atoms with van der Waals surface area (Å²) in [6.45, 7) is 4.85. The number of piperidine rings is 1. The van der Waals surface area contributed by atoms with Gasteiger partial charge in [-0.15, -0.1) is 0 Å². The Labute approximate surface area is 193 Å². The highest BCUT2D eigenvalue weighted by Crippen LogP contribution is 2.35. The van der Waals surface area contributed by atoms with Gasteiger partial charge in [-0.25, -0.2) is 4.39 Å². The molecule has 0 spiro atoms. The highest BCUT2D eigenvalue weighted by Gasteiger charge is 2.42. The largest absolute Gasteiger partial charge is 0.369 e. The smallest absolute Gasteiger partial charge is 0.274 e. The standard InChI is InChI=1S/C26H29FN4O2/c1-17(2)22-14-23(30-29-22)24(32)31-11-5-10-26(16-31,25(28)33)15-18-6-3-7-19(12-18)20-8-4-9-21(27)13-20/h3-4,6-9,12-14,17H,5,10-11,15-16H2,1-2H3,(H2,28,33)(H,29,30). The van der Waals surface area contributed by atoms with Crippen LogP contribution in [0.4, 0.5) is 4.39 Å². The van der Waals surface area contributed by atoms with Gasteiger partial charge in [0, 0.05) is 18.8 Å². The number of aromatic amines is 1. The second-order valence-electron chi connectivity index (χ2n) is 9.23. The third kappa shape index (κ3) is 4.82. The molecular weight excluding hydrogens is 419 g/mol. The summed E-state index contributed by atoms with van der Waals surface area (Å²) in [5.74, 6) is -0.680. The minimum atomic E-state index is -0.869. The van der Waals surface area contributed by atoms with Crippen molar-refractivity contribution in [3.8, 4) is 11.1 Å². The van der Waals surface area contributed by atoms with Crippen molar-refractivity contribution >= 4 is 11.8 Å². The first-order valence-electron chi connectivity index (χ1n) is 11.3. The van der Waals surface area contributed by atoms with E-state index in [9.17, 15) is 14.0 Å². The molecule has 1 aliphatic rings. The van der Waals surface area contributed by atoms with Crippen LogP contribution in [0.15, 0.2) is 54.6 Å². The summed E-state index contributed by atoms with van der Waals surface area (Å²) in [5.41, 5.74) is 8.85. The van der Waals surface area contributed by atoms with Crippen molar-refractivity contribution in [3.63, 3.8) is 0 Å². The maximum atomic E-state index is 13.7. The van der Waals surface area contributed by atoms with E-state index in [2.05, 4.69) is 10.2 Å². The molecule has 2 amide bonds. The van der Waals surface area contributed by atoms with E-state index in [1.807, 2.05) is 44.2 Å². The summed E-state index contributed by atoms with van der Waals surface area (Å²) < 4.78 is 13.7. The molecule has 4 rings (SSSR count). The second-order valence-corrected chi connectivity index (χ2v) is 9.23. The van der Waals surface area contributed by atoms with E-state index in [1.54, 1.807) is 17.0 Å². The summed E-state index contributed by atoms with van der Waals surface area (Å²) >= 11 is 0. The van der Waals surface area contributed by atoms with Crippen molar-refractivity contribution < 1.29 is 14.0 Å². The van der Waals surface area contributed by atoms with Gasteiger partial charge in [-0.05, 0) is 60.1 Å².